The minimum Gasteiger partial charge on any atom is -0.490 e. The fraction of sp³-hybridized carbons (Fsp3) is 0.444. The van der Waals surface area contributed by atoms with Crippen LogP contribution in [0.3, 0.4) is 0 Å². The third-order valence-corrected chi connectivity index (χ3v) is 2.03. The first-order chi connectivity index (χ1) is 7.27. The lowest BCUT2D eigenvalue weighted by Crippen LogP contribution is -2.12. The highest BCUT2D eigenvalue weighted by atomic mass is 31.1. The second-order valence-electron chi connectivity index (χ2n) is 2.94. The van der Waals surface area contributed by atoms with Crippen LogP contribution in [0, 0.1) is 0 Å². The largest absolute Gasteiger partial charge is 0.490 e. The number of alkyl halides is 3. The lowest BCUT2D eigenvalue weighted by Gasteiger charge is -2.08. The van der Waals surface area contributed by atoms with Crippen molar-refractivity contribution in [3.05, 3.63) is 24.0 Å². The van der Waals surface area contributed by atoms with Crippen LogP contribution in [0.15, 0.2) is 24.0 Å². The Kier molecular flexibility index (Phi) is 6.29. The van der Waals surface area contributed by atoms with Gasteiger partial charge in [0.2, 0.25) is 0 Å². The van der Waals surface area contributed by atoms with Gasteiger partial charge in [0, 0.05) is 8.81 Å². The van der Waals surface area contributed by atoms with Crippen molar-refractivity contribution < 1.29 is 27.6 Å². The molecule has 16 heavy (non-hydrogen) atoms. The molecule has 7 heteroatoms. The van der Waals surface area contributed by atoms with E-state index in [9.17, 15) is 18.0 Å². The molecule has 0 amide bonds. The van der Waals surface area contributed by atoms with Gasteiger partial charge in [0.25, 0.3) is 0 Å². The Labute approximate surface area is 92.8 Å². The van der Waals surface area contributed by atoms with Gasteiger partial charge in [-0.15, -0.1) is 0 Å². The highest BCUT2D eigenvalue weighted by molar-refractivity contribution is 7.32. The summed E-state index contributed by atoms with van der Waals surface area (Å²) in [4.78, 5) is 19.3. The summed E-state index contributed by atoms with van der Waals surface area (Å²) < 4.78 is 40.9. The summed E-state index contributed by atoms with van der Waals surface area (Å²) in [7, 11) is -0.518. The Morgan fingerprint density at radius 3 is 2.56 bits per heavy atom. The number of halogens is 3. The third-order valence-electron chi connectivity index (χ3n) is 1.48. The number of carbonyl (C=O) groups is 1. The maximum Gasteiger partial charge on any atom is 0.415 e. The fourth-order valence-corrected chi connectivity index (χ4v) is 0.981. The van der Waals surface area contributed by atoms with Gasteiger partial charge < -0.3 is 9.63 Å². The number of allylic oxidation sites excluding steroid dienone is 3. The molecule has 0 spiro atoms. The summed E-state index contributed by atoms with van der Waals surface area (Å²) in [6.45, 7) is 3.78. The van der Waals surface area contributed by atoms with E-state index in [1.807, 2.05) is 0 Å². The van der Waals surface area contributed by atoms with Crippen LogP contribution in [0.4, 0.5) is 13.2 Å². The van der Waals surface area contributed by atoms with Crippen LogP contribution in [0.1, 0.15) is 6.92 Å². The molecule has 3 nitrogen and oxygen atoms in total. The highest BCUT2D eigenvalue weighted by Gasteiger charge is 2.30. The Morgan fingerprint density at radius 1 is 1.56 bits per heavy atom. The lowest BCUT2D eigenvalue weighted by atomic mass is 10.2. The minimum absolute atomic E-state index is 0.0445. The molecule has 0 aliphatic heterocycles. The second kappa shape index (κ2) is 6.66. The fourth-order valence-electron chi connectivity index (χ4n) is 0.702. The number of ether oxygens (including phenoxy) is 1. The number of Topliss-reactive ketones (excluding diaryl/α,β-unsaturated/α-hetero) is 1. The SMILES string of the molecule is C=C(/C=C(\C)OCC(=O)CPO)C(F)(F)F. The van der Waals surface area contributed by atoms with Gasteiger partial charge in [0.1, 0.15) is 6.61 Å². The van der Waals surface area contributed by atoms with Crippen molar-refractivity contribution in [2.24, 2.45) is 0 Å². The van der Waals surface area contributed by atoms with Crippen molar-refractivity contribution in [2.45, 2.75) is 13.1 Å². The smallest absolute Gasteiger partial charge is 0.415 e. The molecule has 0 radical (unpaired) electrons. The summed E-state index contributed by atoms with van der Waals surface area (Å²) in [6.07, 6.45) is -3.83. The molecule has 1 N–H and O–H groups in total. The van der Waals surface area contributed by atoms with Gasteiger partial charge in [0.15, 0.2) is 5.78 Å². The van der Waals surface area contributed by atoms with E-state index in [0.29, 0.717) is 6.08 Å². The molecule has 1 unspecified atom stereocenters. The predicted octanol–water partition coefficient (Wildman–Crippen LogP) is 2.18. The van der Waals surface area contributed by atoms with Crippen LogP contribution >= 0.6 is 8.81 Å². The Morgan fingerprint density at radius 2 is 2.12 bits per heavy atom. The molecule has 0 aliphatic carbocycles. The number of hydrogen-bond donors (Lipinski definition) is 1. The maximum atomic E-state index is 12.0. The van der Waals surface area contributed by atoms with Gasteiger partial charge in [-0.3, -0.25) is 4.79 Å². The van der Waals surface area contributed by atoms with Gasteiger partial charge in [0.05, 0.1) is 17.5 Å². The molecule has 0 saturated carbocycles. The van der Waals surface area contributed by atoms with Crippen LogP contribution in [0.5, 0.6) is 0 Å². The van der Waals surface area contributed by atoms with E-state index < -0.39 is 20.6 Å². The molecule has 0 saturated heterocycles. The van der Waals surface area contributed by atoms with Crippen LogP contribution in [0.25, 0.3) is 0 Å². The van der Waals surface area contributed by atoms with E-state index in [1.54, 1.807) is 0 Å². The highest BCUT2D eigenvalue weighted by Crippen LogP contribution is 2.25. The van der Waals surface area contributed by atoms with E-state index in [0.717, 1.165) is 0 Å². The zero-order valence-electron chi connectivity index (χ0n) is 8.60. The van der Waals surface area contributed by atoms with E-state index in [-0.39, 0.29) is 24.3 Å². The minimum atomic E-state index is -4.50. The number of carbonyl (C=O) groups excluding carboxylic acids is 1. The molecule has 92 valence electrons. The van der Waals surface area contributed by atoms with Gasteiger partial charge in [-0.05, 0) is 13.0 Å². The van der Waals surface area contributed by atoms with Crippen molar-refractivity contribution in [1.29, 1.82) is 0 Å². The zero-order valence-corrected chi connectivity index (χ0v) is 9.60. The molecule has 0 fully saturated rings. The standard InChI is InChI=1S/C9H12F3O3P/c1-6(9(10,11)12)3-7(2)15-4-8(13)5-16-14/h3,14,16H,1,4-5H2,2H3/b7-3+. The Bertz CT molecular complexity index is 297. The summed E-state index contributed by atoms with van der Waals surface area (Å²) >= 11 is 0. The quantitative estimate of drug-likeness (QED) is 0.450. The maximum absolute atomic E-state index is 12.0. The van der Waals surface area contributed by atoms with Crippen molar-refractivity contribution in [2.75, 3.05) is 12.8 Å². The van der Waals surface area contributed by atoms with Crippen molar-refractivity contribution in [1.82, 2.24) is 0 Å². The number of ketones is 1. The lowest BCUT2D eigenvalue weighted by molar-refractivity contribution is -0.119. The van der Waals surface area contributed by atoms with E-state index >= 15 is 0 Å². The van der Waals surface area contributed by atoms with Crippen molar-refractivity contribution in [3.8, 4) is 0 Å². The first kappa shape index (κ1) is 15.1. The summed E-state index contributed by atoms with van der Waals surface area (Å²) in [5.41, 5.74) is -1.04. The number of rotatable bonds is 6. The summed E-state index contributed by atoms with van der Waals surface area (Å²) in [6, 6.07) is 0. The molecular weight excluding hydrogens is 244 g/mol. The molecule has 1 atom stereocenters. The first-order valence-electron chi connectivity index (χ1n) is 4.23. The Balaban J connectivity index is 4.16. The topological polar surface area (TPSA) is 46.5 Å². The van der Waals surface area contributed by atoms with Gasteiger partial charge in [-0.25, -0.2) is 0 Å². The van der Waals surface area contributed by atoms with E-state index in [2.05, 4.69) is 6.58 Å². The summed E-state index contributed by atoms with van der Waals surface area (Å²) in [5.74, 6) is -0.414. The van der Waals surface area contributed by atoms with Crippen LogP contribution in [-0.2, 0) is 9.53 Å². The molecule has 0 aromatic heterocycles. The molecule has 0 aromatic carbocycles. The second-order valence-corrected chi connectivity index (χ2v) is 3.61. The average Bonchev–Trinajstić information content (AvgIpc) is 2.13. The summed E-state index contributed by atoms with van der Waals surface area (Å²) in [5, 5.41) is 0. The van der Waals surface area contributed by atoms with Gasteiger partial charge >= 0.3 is 6.18 Å². The molecular formula is C9H12F3O3P. The molecule has 0 rings (SSSR count). The van der Waals surface area contributed by atoms with Crippen molar-refractivity contribution in [3.63, 3.8) is 0 Å². The molecule has 0 bridgehead atoms. The Hall–Kier alpha value is -0.870. The molecule has 0 aromatic rings. The number of hydrogen-bond acceptors (Lipinski definition) is 3. The molecule has 0 aliphatic rings. The first-order valence-corrected chi connectivity index (χ1v) is 5.38. The van der Waals surface area contributed by atoms with Gasteiger partial charge in [-0.2, -0.15) is 13.2 Å². The van der Waals surface area contributed by atoms with Crippen LogP contribution in [0.2, 0.25) is 0 Å². The van der Waals surface area contributed by atoms with Crippen molar-refractivity contribution >= 4 is 14.6 Å². The normalized spacial score (nSPS) is 13.2. The van der Waals surface area contributed by atoms with E-state index in [1.165, 1.54) is 6.92 Å². The third kappa shape index (κ3) is 6.58. The zero-order chi connectivity index (χ0) is 12.8. The molecule has 0 heterocycles. The van der Waals surface area contributed by atoms with Crippen LogP contribution < -0.4 is 0 Å². The predicted molar refractivity (Wildman–Crippen MR) is 55.3 cm³/mol. The average molecular weight is 256 g/mol. The van der Waals surface area contributed by atoms with E-state index in [4.69, 9.17) is 9.63 Å². The monoisotopic (exact) mass is 256 g/mol. The van der Waals surface area contributed by atoms with Gasteiger partial charge in [-0.1, -0.05) is 6.58 Å². The van der Waals surface area contributed by atoms with Crippen LogP contribution in [-0.4, -0.2) is 29.6 Å².